The summed E-state index contributed by atoms with van der Waals surface area (Å²) in [6.07, 6.45) is 4.66. The van der Waals surface area contributed by atoms with Crippen molar-refractivity contribution >= 4 is 16.7 Å². The van der Waals surface area contributed by atoms with Gasteiger partial charge < -0.3 is 4.57 Å². The summed E-state index contributed by atoms with van der Waals surface area (Å²) in [7, 11) is 2.00. The van der Waals surface area contributed by atoms with Crippen LogP contribution in [-0.2, 0) is 7.05 Å². The topological polar surface area (TPSA) is 22.0 Å². The lowest BCUT2D eigenvalue weighted by Gasteiger charge is -1.99. The molecule has 0 amide bonds. The highest BCUT2D eigenvalue weighted by Gasteiger charge is 2.13. The lowest BCUT2D eigenvalue weighted by molar-refractivity contribution is 0.0981. The van der Waals surface area contributed by atoms with Crippen LogP contribution in [0.25, 0.3) is 10.9 Å². The van der Waals surface area contributed by atoms with Crippen molar-refractivity contribution in [1.82, 2.24) is 4.57 Å². The number of benzene rings is 1. The van der Waals surface area contributed by atoms with Gasteiger partial charge in [-0.15, -0.1) is 0 Å². The van der Waals surface area contributed by atoms with E-state index in [4.69, 9.17) is 0 Å². The van der Waals surface area contributed by atoms with Crippen LogP contribution in [0, 0.1) is 6.92 Å². The van der Waals surface area contributed by atoms with E-state index in [2.05, 4.69) is 32.0 Å². The number of unbranched alkanes of at least 4 members (excludes halogenated alkanes) is 1. The average molecular weight is 229 g/mol. The number of hydrogen-bond acceptors (Lipinski definition) is 1. The van der Waals surface area contributed by atoms with Gasteiger partial charge >= 0.3 is 0 Å². The summed E-state index contributed by atoms with van der Waals surface area (Å²) in [5.74, 6) is 0.265. The van der Waals surface area contributed by atoms with Crippen molar-refractivity contribution < 1.29 is 4.79 Å². The van der Waals surface area contributed by atoms with Gasteiger partial charge in [0.1, 0.15) is 0 Å². The van der Waals surface area contributed by atoms with Crippen LogP contribution in [0.2, 0.25) is 0 Å². The summed E-state index contributed by atoms with van der Waals surface area (Å²) in [6.45, 7) is 4.19. The van der Waals surface area contributed by atoms with Crippen LogP contribution >= 0.6 is 0 Å². The number of Topliss-reactive ketones (excluding diaryl/α,β-unsaturated/α-hetero) is 1. The summed E-state index contributed by atoms with van der Waals surface area (Å²) in [5.41, 5.74) is 3.24. The number of hydrogen-bond donors (Lipinski definition) is 0. The number of rotatable bonds is 4. The molecule has 0 fully saturated rings. The molecule has 0 N–H and O–H groups in total. The van der Waals surface area contributed by atoms with E-state index >= 15 is 0 Å². The summed E-state index contributed by atoms with van der Waals surface area (Å²) >= 11 is 0. The number of aromatic nitrogens is 1. The molecule has 1 heterocycles. The molecular formula is C15H19NO. The first-order valence-electron chi connectivity index (χ1n) is 6.22. The van der Waals surface area contributed by atoms with E-state index in [1.54, 1.807) is 0 Å². The van der Waals surface area contributed by atoms with Crippen molar-refractivity contribution in [3.8, 4) is 0 Å². The molecule has 0 atom stereocenters. The Bertz CT molecular complexity index is 551. The highest BCUT2D eigenvalue weighted by atomic mass is 16.1. The van der Waals surface area contributed by atoms with Crippen LogP contribution in [-0.4, -0.2) is 10.4 Å². The number of nitrogens with zero attached hydrogens (tertiary/aromatic N) is 1. The largest absolute Gasteiger partial charge is 0.350 e. The quantitative estimate of drug-likeness (QED) is 0.730. The first-order chi connectivity index (χ1) is 8.13. The normalized spacial score (nSPS) is 11.0. The predicted octanol–water partition coefficient (Wildman–Crippen LogP) is 3.86. The molecule has 0 aliphatic heterocycles. The van der Waals surface area contributed by atoms with E-state index in [0.29, 0.717) is 6.42 Å². The Labute approximate surface area is 102 Å². The zero-order valence-corrected chi connectivity index (χ0v) is 10.8. The summed E-state index contributed by atoms with van der Waals surface area (Å²) in [4.78, 5) is 12.1. The van der Waals surface area contributed by atoms with E-state index in [1.807, 2.05) is 17.8 Å². The smallest absolute Gasteiger partial charge is 0.165 e. The van der Waals surface area contributed by atoms with Gasteiger partial charge in [-0.05, 0) is 25.0 Å². The molecule has 0 saturated heterocycles. The Kier molecular flexibility index (Phi) is 3.32. The monoisotopic (exact) mass is 229 g/mol. The van der Waals surface area contributed by atoms with Gasteiger partial charge in [-0.25, -0.2) is 0 Å². The highest BCUT2D eigenvalue weighted by molar-refractivity contribution is 6.08. The first-order valence-corrected chi connectivity index (χ1v) is 6.22. The van der Waals surface area contributed by atoms with Gasteiger partial charge in [0.2, 0.25) is 0 Å². The maximum absolute atomic E-state index is 12.1. The molecule has 1 aromatic heterocycles. The molecule has 17 heavy (non-hydrogen) atoms. The number of aryl methyl sites for hydroxylation is 2. The second-order valence-corrected chi connectivity index (χ2v) is 4.70. The third kappa shape index (κ3) is 2.26. The number of carbonyl (C=O) groups excluding carboxylic acids is 1. The second-order valence-electron chi connectivity index (χ2n) is 4.70. The third-order valence-electron chi connectivity index (χ3n) is 3.20. The number of fused-ring (bicyclic) bond motifs is 1. The molecule has 0 spiro atoms. The Morgan fingerprint density at radius 3 is 2.82 bits per heavy atom. The molecule has 0 aliphatic rings. The molecule has 0 radical (unpaired) electrons. The van der Waals surface area contributed by atoms with Crippen molar-refractivity contribution in [3.63, 3.8) is 0 Å². The fourth-order valence-electron chi connectivity index (χ4n) is 2.19. The molecule has 90 valence electrons. The van der Waals surface area contributed by atoms with Crippen LogP contribution in [0.3, 0.4) is 0 Å². The van der Waals surface area contributed by atoms with Crippen molar-refractivity contribution in [1.29, 1.82) is 0 Å². The van der Waals surface area contributed by atoms with Gasteiger partial charge in [-0.1, -0.05) is 25.5 Å². The number of ketones is 1. The van der Waals surface area contributed by atoms with Crippen molar-refractivity contribution in [3.05, 3.63) is 35.5 Å². The fourth-order valence-corrected chi connectivity index (χ4v) is 2.19. The summed E-state index contributed by atoms with van der Waals surface area (Å²) < 4.78 is 2.04. The minimum atomic E-state index is 0.265. The molecule has 2 aromatic rings. The van der Waals surface area contributed by atoms with Crippen LogP contribution in [0.5, 0.6) is 0 Å². The molecule has 2 heteroatoms. The molecule has 1 aromatic carbocycles. The van der Waals surface area contributed by atoms with Crippen LogP contribution in [0.4, 0.5) is 0 Å². The Morgan fingerprint density at radius 2 is 2.12 bits per heavy atom. The van der Waals surface area contributed by atoms with E-state index < -0.39 is 0 Å². The average Bonchev–Trinajstić information content (AvgIpc) is 2.64. The summed E-state index contributed by atoms with van der Waals surface area (Å²) in [5, 5.41) is 1.08. The lowest BCUT2D eigenvalue weighted by Crippen LogP contribution is -1.97. The predicted molar refractivity (Wildman–Crippen MR) is 71.5 cm³/mol. The molecule has 0 unspecified atom stereocenters. The molecule has 2 rings (SSSR count). The van der Waals surface area contributed by atoms with E-state index in [1.165, 1.54) is 5.56 Å². The minimum Gasteiger partial charge on any atom is -0.350 e. The minimum absolute atomic E-state index is 0.265. The fraction of sp³-hybridized carbons (Fsp3) is 0.400. The molecular weight excluding hydrogens is 210 g/mol. The zero-order chi connectivity index (χ0) is 12.4. The van der Waals surface area contributed by atoms with Crippen molar-refractivity contribution in [2.45, 2.75) is 33.1 Å². The van der Waals surface area contributed by atoms with E-state index in [9.17, 15) is 4.79 Å². The zero-order valence-electron chi connectivity index (χ0n) is 10.8. The third-order valence-corrected chi connectivity index (χ3v) is 3.20. The molecule has 0 bridgehead atoms. The van der Waals surface area contributed by atoms with Crippen LogP contribution in [0.1, 0.15) is 42.1 Å². The maximum Gasteiger partial charge on any atom is 0.165 e. The van der Waals surface area contributed by atoms with Gasteiger partial charge in [-0.2, -0.15) is 0 Å². The SMILES string of the molecule is CCCCC(=O)c1cn(C)c2cc(C)ccc12. The molecule has 0 aliphatic carbocycles. The van der Waals surface area contributed by atoms with Gasteiger partial charge in [0.25, 0.3) is 0 Å². The van der Waals surface area contributed by atoms with Gasteiger partial charge in [0.05, 0.1) is 0 Å². The van der Waals surface area contributed by atoms with Crippen LogP contribution in [0.15, 0.2) is 24.4 Å². The van der Waals surface area contributed by atoms with Gasteiger partial charge in [-0.3, -0.25) is 4.79 Å². The van der Waals surface area contributed by atoms with E-state index in [0.717, 1.165) is 29.3 Å². The molecule has 0 saturated carbocycles. The maximum atomic E-state index is 12.1. The van der Waals surface area contributed by atoms with Gasteiger partial charge in [0.15, 0.2) is 5.78 Å². The molecule has 2 nitrogen and oxygen atoms in total. The van der Waals surface area contributed by atoms with Gasteiger partial charge in [0, 0.05) is 36.1 Å². The van der Waals surface area contributed by atoms with Crippen molar-refractivity contribution in [2.24, 2.45) is 7.05 Å². The summed E-state index contributed by atoms with van der Waals surface area (Å²) in [6, 6.07) is 6.26. The number of carbonyl (C=O) groups is 1. The Balaban J connectivity index is 2.45. The van der Waals surface area contributed by atoms with Crippen LogP contribution < -0.4 is 0 Å². The Morgan fingerprint density at radius 1 is 1.35 bits per heavy atom. The standard InChI is InChI=1S/C15H19NO/c1-4-5-6-15(17)13-10-16(3)14-9-11(2)7-8-12(13)14/h7-10H,4-6H2,1-3H3. The Hall–Kier alpha value is -1.57. The lowest BCUT2D eigenvalue weighted by atomic mass is 10.0. The second kappa shape index (κ2) is 4.74. The van der Waals surface area contributed by atoms with E-state index in [-0.39, 0.29) is 5.78 Å². The van der Waals surface area contributed by atoms with Crippen molar-refractivity contribution in [2.75, 3.05) is 0 Å². The first kappa shape index (κ1) is 11.9. The highest BCUT2D eigenvalue weighted by Crippen LogP contribution is 2.23.